The number of halogens is 1. The Hall–Kier alpha value is -5.08. The summed E-state index contributed by atoms with van der Waals surface area (Å²) in [6, 6.07) is 25.4. The number of ether oxygens (including phenoxy) is 3. The average molecular weight is 612 g/mol. The molecule has 4 aromatic carbocycles. The number of aromatic nitrogens is 1. The second-order valence-electron chi connectivity index (χ2n) is 10.2. The Bertz CT molecular complexity index is 1810. The van der Waals surface area contributed by atoms with Crippen LogP contribution in [0.1, 0.15) is 32.7 Å². The lowest BCUT2D eigenvalue weighted by molar-refractivity contribution is -0.142. The van der Waals surface area contributed by atoms with Crippen LogP contribution < -0.4 is 9.47 Å². The van der Waals surface area contributed by atoms with Crippen LogP contribution in [0.5, 0.6) is 17.2 Å². The second kappa shape index (κ2) is 13.5. The molecular weight excluding hydrogens is 582 g/mol. The van der Waals surface area contributed by atoms with Gasteiger partial charge in [0.05, 0.1) is 32.1 Å². The number of benzene rings is 4. The second-order valence-corrected chi connectivity index (χ2v) is 10.6. The van der Waals surface area contributed by atoms with Crippen molar-refractivity contribution in [1.82, 2.24) is 4.57 Å². The van der Waals surface area contributed by atoms with E-state index in [1.54, 1.807) is 72.3 Å². The highest BCUT2D eigenvalue weighted by Gasteiger charge is 2.22. The molecule has 224 valence electrons. The Kier molecular flexibility index (Phi) is 9.31. The number of esters is 2. The fraction of sp³-hybridized carbons (Fsp3) is 0.171. The summed E-state index contributed by atoms with van der Waals surface area (Å²) in [5.41, 5.74) is 4.10. The van der Waals surface area contributed by atoms with E-state index in [4.69, 9.17) is 25.8 Å². The fourth-order valence-corrected chi connectivity index (χ4v) is 5.07. The SMILES string of the molecule is COc1ccc2c(c1)c(CC(=O)OCCc1ccc(OC(=O)Cc3ccc(O)cc3)cc1)c(C)n2C(=O)c1ccc(Cl)cc1. The van der Waals surface area contributed by atoms with E-state index in [-0.39, 0.29) is 31.1 Å². The number of carbonyl (C=O) groups is 3. The molecule has 0 saturated carbocycles. The average Bonchev–Trinajstić information content (AvgIpc) is 3.29. The number of aromatic hydroxyl groups is 1. The van der Waals surface area contributed by atoms with Crippen LogP contribution >= 0.6 is 11.6 Å². The van der Waals surface area contributed by atoms with Crippen LogP contribution in [0.15, 0.2) is 91.0 Å². The third kappa shape index (κ3) is 7.10. The van der Waals surface area contributed by atoms with Crippen molar-refractivity contribution in [1.29, 1.82) is 0 Å². The first kappa shape index (κ1) is 30.4. The highest BCUT2D eigenvalue weighted by Crippen LogP contribution is 2.31. The predicted octanol–water partition coefficient (Wildman–Crippen LogP) is 6.48. The van der Waals surface area contributed by atoms with Crippen LogP contribution in [0.25, 0.3) is 10.9 Å². The number of phenols is 1. The van der Waals surface area contributed by atoms with E-state index in [1.165, 1.54) is 12.1 Å². The number of carbonyl (C=O) groups excluding carboxylic acids is 3. The lowest BCUT2D eigenvalue weighted by Gasteiger charge is -2.09. The van der Waals surface area contributed by atoms with Crippen molar-refractivity contribution < 1.29 is 33.7 Å². The number of hydrogen-bond acceptors (Lipinski definition) is 7. The van der Waals surface area contributed by atoms with Gasteiger partial charge in [0.25, 0.3) is 5.91 Å². The van der Waals surface area contributed by atoms with Gasteiger partial charge in [0, 0.05) is 28.1 Å². The Balaban J connectivity index is 1.21. The van der Waals surface area contributed by atoms with Gasteiger partial charge in [0.15, 0.2) is 0 Å². The number of methoxy groups -OCH3 is 1. The molecule has 9 heteroatoms. The maximum Gasteiger partial charge on any atom is 0.315 e. The first-order chi connectivity index (χ1) is 21.2. The zero-order chi connectivity index (χ0) is 31.2. The summed E-state index contributed by atoms with van der Waals surface area (Å²) in [6.07, 6.45) is 0.529. The summed E-state index contributed by atoms with van der Waals surface area (Å²) in [7, 11) is 1.56. The van der Waals surface area contributed by atoms with E-state index in [9.17, 15) is 19.5 Å². The Morgan fingerprint density at radius 3 is 2.14 bits per heavy atom. The quantitative estimate of drug-likeness (QED) is 0.142. The number of fused-ring (bicyclic) bond motifs is 1. The first-order valence-corrected chi connectivity index (χ1v) is 14.3. The van der Waals surface area contributed by atoms with Crippen LogP contribution in [0.3, 0.4) is 0 Å². The van der Waals surface area contributed by atoms with Gasteiger partial charge < -0.3 is 19.3 Å². The molecule has 5 rings (SSSR count). The molecule has 0 unspecified atom stereocenters. The highest BCUT2D eigenvalue weighted by atomic mass is 35.5. The van der Waals surface area contributed by atoms with Crippen LogP contribution in [-0.4, -0.2) is 41.2 Å². The molecule has 0 saturated heterocycles. The van der Waals surface area contributed by atoms with Crippen LogP contribution in [0, 0.1) is 6.92 Å². The maximum absolute atomic E-state index is 13.5. The van der Waals surface area contributed by atoms with Crippen molar-refractivity contribution in [2.75, 3.05) is 13.7 Å². The molecule has 1 aromatic heterocycles. The van der Waals surface area contributed by atoms with E-state index in [2.05, 4.69) is 0 Å². The minimum atomic E-state index is -0.423. The van der Waals surface area contributed by atoms with E-state index in [0.29, 0.717) is 45.3 Å². The minimum Gasteiger partial charge on any atom is -0.508 e. The summed E-state index contributed by atoms with van der Waals surface area (Å²) in [6.45, 7) is 1.96. The maximum atomic E-state index is 13.5. The third-order valence-electron chi connectivity index (χ3n) is 7.25. The normalized spacial score (nSPS) is 10.9. The van der Waals surface area contributed by atoms with E-state index in [0.717, 1.165) is 16.5 Å². The number of rotatable bonds is 10. The molecule has 0 radical (unpaired) electrons. The lowest BCUT2D eigenvalue weighted by atomic mass is 10.1. The molecule has 0 bridgehead atoms. The summed E-state index contributed by atoms with van der Waals surface area (Å²) >= 11 is 6.01. The number of hydrogen-bond donors (Lipinski definition) is 1. The number of phenolic OH excluding ortho intramolecular Hbond substituents is 1. The van der Waals surface area contributed by atoms with Gasteiger partial charge in [-0.15, -0.1) is 0 Å². The van der Waals surface area contributed by atoms with Crippen LogP contribution in [-0.2, 0) is 33.6 Å². The summed E-state index contributed by atoms with van der Waals surface area (Å²) in [4.78, 5) is 38.7. The molecule has 0 fully saturated rings. The van der Waals surface area contributed by atoms with Gasteiger partial charge in [-0.25, -0.2) is 0 Å². The molecule has 0 spiro atoms. The molecule has 0 atom stereocenters. The standard InChI is InChI=1S/C35H30ClNO7/c1-22-30(31-20-29(42-2)15-16-32(31)37(22)35(41)25-7-9-26(36)10-8-25)21-33(39)43-18-17-23-5-13-28(14-6-23)44-34(40)19-24-3-11-27(38)12-4-24/h3-16,20,38H,17-19,21H2,1-2H3. The van der Waals surface area contributed by atoms with Crippen LogP contribution in [0.4, 0.5) is 0 Å². The Morgan fingerprint density at radius 2 is 1.45 bits per heavy atom. The van der Waals surface area contributed by atoms with Gasteiger partial charge in [-0.1, -0.05) is 35.9 Å². The molecule has 0 aliphatic rings. The molecule has 1 N–H and O–H groups in total. The minimum absolute atomic E-state index is 0.0215. The topological polar surface area (TPSA) is 104 Å². The zero-order valence-electron chi connectivity index (χ0n) is 24.2. The summed E-state index contributed by atoms with van der Waals surface area (Å²) in [5, 5.41) is 10.6. The Morgan fingerprint density at radius 1 is 0.795 bits per heavy atom. The predicted molar refractivity (Wildman–Crippen MR) is 167 cm³/mol. The van der Waals surface area contributed by atoms with Crippen LogP contribution in [0.2, 0.25) is 5.02 Å². The van der Waals surface area contributed by atoms with Gasteiger partial charge in [0.2, 0.25) is 0 Å². The summed E-state index contributed by atoms with van der Waals surface area (Å²) < 4.78 is 18.0. The van der Waals surface area contributed by atoms with Crippen molar-refractivity contribution in [3.05, 3.63) is 124 Å². The third-order valence-corrected chi connectivity index (χ3v) is 7.50. The molecule has 0 amide bonds. The molecule has 8 nitrogen and oxygen atoms in total. The van der Waals surface area contributed by atoms with E-state index >= 15 is 0 Å². The van der Waals surface area contributed by atoms with Crippen molar-refractivity contribution in [3.8, 4) is 17.2 Å². The largest absolute Gasteiger partial charge is 0.508 e. The van der Waals surface area contributed by atoms with Gasteiger partial charge >= 0.3 is 11.9 Å². The van der Waals surface area contributed by atoms with E-state index < -0.39 is 11.9 Å². The Labute approximate surface area is 259 Å². The van der Waals surface area contributed by atoms with Crippen molar-refractivity contribution >= 4 is 40.3 Å². The zero-order valence-corrected chi connectivity index (χ0v) is 25.0. The number of nitrogens with zero attached hydrogens (tertiary/aromatic N) is 1. The molecule has 0 aliphatic heterocycles. The van der Waals surface area contributed by atoms with E-state index in [1.807, 2.05) is 25.1 Å². The molecule has 44 heavy (non-hydrogen) atoms. The van der Waals surface area contributed by atoms with Crippen molar-refractivity contribution in [2.24, 2.45) is 0 Å². The smallest absolute Gasteiger partial charge is 0.315 e. The first-order valence-electron chi connectivity index (χ1n) is 13.9. The molecule has 5 aromatic rings. The van der Waals surface area contributed by atoms with Gasteiger partial charge in [-0.3, -0.25) is 19.0 Å². The van der Waals surface area contributed by atoms with Crippen molar-refractivity contribution in [2.45, 2.75) is 26.2 Å². The lowest BCUT2D eigenvalue weighted by Crippen LogP contribution is -2.15. The highest BCUT2D eigenvalue weighted by molar-refractivity contribution is 6.30. The van der Waals surface area contributed by atoms with Gasteiger partial charge in [-0.2, -0.15) is 0 Å². The molecule has 0 aliphatic carbocycles. The summed E-state index contributed by atoms with van der Waals surface area (Å²) in [5.74, 6) is 0.0785. The molecule has 1 heterocycles. The molecular formula is C35H30ClNO7. The fourth-order valence-electron chi connectivity index (χ4n) is 4.95. The van der Waals surface area contributed by atoms with Crippen molar-refractivity contribution in [3.63, 3.8) is 0 Å². The monoisotopic (exact) mass is 611 g/mol. The van der Waals surface area contributed by atoms with Gasteiger partial charge in [-0.05, 0) is 90.3 Å². The van der Waals surface area contributed by atoms with Gasteiger partial charge in [0.1, 0.15) is 17.2 Å².